The molecule has 4 rings (SSSR count). The molecule has 10 nitrogen and oxygen atoms in total. The first kappa shape index (κ1) is 25.6. The van der Waals surface area contributed by atoms with Crippen LogP contribution in [0.5, 0.6) is 0 Å². The van der Waals surface area contributed by atoms with Crippen molar-refractivity contribution in [2.24, 2.45) is 11.7 Å². The molecule has 0 saturated carbocycles. The normalized spacial score (nSPS) is 18.2. The second-order valence-corrected chi connectivity index (χ2v) is 10.5. The van der Waals surface area contributed by atoms with Gasteiger partial charge in [0.25, 0.3) is 5.91 Å². The summed E-state index contributed by atoms with van der Waals surface area (Å²) in [6.07, 6.45) is 2.17. The van der Waals surface area contributed by atoms with Gasteiger partial charge in [0, 0.05) is 24.6 Å². The molecule has 0 spiro atoms. The number of aromatic nitrogens is 4. The van der Waals surface area contributed by atoms with Crippen molar-refractivity contribution in [1.29, 1.82) is 0 Å². The van der Waals surface area contributed by atoms with Crippen LogP contribution in [0, 0.1) is 12.8 Å². The summed E-state index contributed by atoms with van der Waals surface area (Å²) < 4.78 is 4.24. The molecule has 2 aromatic heterocycles. The van der Waals surface area contributed by atoms with Crippen molar-refractivity contribution >= 4 is 40.0 Å². The van der Waals surface area contributed by atoms with Gasteiger partial charge in [-0.2, -0.15) is 9.36 Å². The maximum absolute atomic E-state index is 13.1. The summed E-state index contributed by atoms with van der Waals surface area (Å²) in [7, 11) is 0. The first-order valence-electron chi connectivity index (χ1n) is 11.9. The fourth-order valence-electron chi connectivity index (χ4n) is 4.43. The summed E-state index contributed by atoms with van der Waals surface area (Å²) >= 11 is 1.25. The number of aryl methyl sites for hydroxylation is 1. The number of nitrogens with two attached hydrogens (primary N) is 1. The number of rotatable bonds is 8. The molecular formula is C25H31N7O3S. The van der Waals surface area contributed by atoms with Gasteiger partial charge < -0.3 is 21.1 Å². The van der Waals surface area contributed by atoms with Crippen molar-refractivity contribution in [3.8, 4) is 0 Å². The van der Waals surface area contributed by atoms with Gasteiger partial charge in [-0.1, -0.05) is 24.3 Å². The maximum Gasteiger partial charge on any atom is 0.273 e. The SMILES string of the molecule is Cc1cc(Nc2nc(N3CCC[C@@H](CC(=O)c4ccc(C(C)(C)O)cc4)[C@H]3C)nnc2C(N)=O)sn1. The third-order valence-electron chi connectivity index (χ3n) is 6.54. The molecule has 0 bridgehead atoms. The summed E-state index contributed by atoms with van der Waals surface area (Å²) in [4.78, 5) is 31.6. The van der Waals surface area contributed by atoms with Crippen LogP contribution in [-0.4, -0.2) is 48.9 Å². The van der Waals surface area contributed by atoms with Crippen molar-refractivity contribution in [3.63, 3.8) is 0 Å². The smallest absolute Gasteiger partial charge is 0.273 e. The predicted molar refractivity (Wildman–Crippen MR) is 139 cm³/mol. The van der Waals surface area contributed by atoms with Crippen LogP contribution in [0.1, 0.15) is 72.1 Å². The average Bonchev–Trinajstić information content (AvgIpc) is 3.24. The Hall–Kier alpha value is -3.44. The molecule has 3 heterocycles. The summed E-state index contributed by atoms with van der Waals surface area (Å²) in [6.45, 7) is 8.07. The van der Waals surface area contributed by atoms with Gasteiger partial charge in [0.1, 0.15) is 5.00 Å². The molecule has 0 aliphatic carbocycles. The highest BCUT2D eigenvalue weighted by Gasteiger charge is 2.32. The fourth-order valence-corrected chi connectivity index (χ4v) is 5.09. The monoisotopic (exact) mass is 509 g/mol. The molecular weight excluding hydrogens is 478 g/mol. The van der Waals surface area contributed by atoms with E-state index in [1.165, 1.54) is 11.5 Å². The average molecular weight is 510 g/mol. The molecule has 36 heavy (non-hydrogen) atoms. The van der Waals surface area contributed by atoms with Crippen LogP contribution in [0.4, 0.5) is 16.8 Å². The number of hydrogen-bond acceptors (Lipinski definition) is 10. The minimum absolute atomic E-state index is 0.0157. The minimum atomic E-state index is -0.954. The number of amides is 1. The van der Waals surface area contributed by atoms with Crippen molar-refractivity contribution in [2.45, 2.75) is 58.6 Å². The van der Waals surface area contributed by atoms with Gasteiger partial charge in [0.2, 0.25) is 5.95 Å². The van der Waals surface area contributed by atoms with E-state index < -0.39 is 11.5 Å². The van der Waals surface area contributed by atoms with Gasteiger partial charge in [-0.05, 0) is 69.6 Å². The Bertz CT molecular complexity index is 1250. The first-order valence-corrected chi connectivity index (χ1v) is 12.7. The quantitative estimate of drug-likeness (QED) is 0.388. The molecule has 1 aromatic carbocycles. The predicted octanol–water partition coefficient (Wildman–Crippen LogP) is 3.58. The molecule has 0 unspecified atom stereocenters. The number of anilines is 3. The zero-order valence-electron chi connectivity index (χ0n) is 20.9. The molecule has 2 atom stereocenters. The summed E-state index contributed by atoms with van der Waals surface area (Å²) in [5.41, 5.74) is 6.73. The Labute approximate surface area is 214 Å². The van der Waals surface area contributed by atoms with Crippen LogP contribution in [0.25, 0.3) is 0 Å². The molecule has 11 heteroatoms. The summed E-state index contributed by atoms with van der Waals surface area (Å²) in [6, 6.07) is 8.96. The lowest BCUT2D eigenvalue weighted by molar-refractivity contribution is 0.0784. The zero-order chi connectivity index (χ0) is 26.0. The lowest BCUT2D eigenvalue weighted by atomic mass is 9.85. The number of carbonyl (C=O) groups excluding carboxylic acids is 2. The van der Waals surface area contributed by atoms with Crippen molar-refractivity contribution < 1.29 is 14.7 Å². The van der Waals surface area contributed by atoms with E-state index >= 15 is 0 Å². The minimum Gasteiger partial charge on any atom is -0.386 e. The number of hydrogen-bond donors (Lipinski definition) is 3. The summed E-state index contributed by atoms with van der Waals surface area (Å²) in [5, 5.41) is 22.2. The Kier molecular flexibility index (Phi) is 7.32. The lowest BCUT2D eigenvalue weighted by Gasteiger charge is -2.39. The van der Waals surface area contributed by atoms with E-state index in [4.69, 9.17) is 5.73 Å². The highest BCUT2D eigenvalue weighted by atomic mass is 32.1. The highest BCUT2D eigenvalue weighted by molar-refractivity contribution is 7.10. The van der Waals surface area contributed by atoms with Crippen LogP contribution in [0.15, 0.2) is 30.3 Å². The molecule has 4 N–H and O–H groups in total. The number of nitrogens with zero attached hydrogens (tertiary/aromatic N) is 5. The van der Waals surface area contributed by atoms with Crippen LogP contribution < -0.4 is 16.0 Å². The van der Waals surface area contributed by atoms with E-state index in [0.717, 1.165) is 24.1 Å². The van der Waals surface area contributed by atoms with Gasteiger partial charge >= 0.3 is 0 Å². The van der Waals surface area contributed by atoms with Gasteiger partial charge in [0.15, 0.2) is 17.3 Å². The van der Waals surface area contributed by atoms with Crippen LogP contribution in [0.3, 0.4) is 0 Å². The van der Waals surface area contributed by atoms with E-state index in [9.17, 15) is 14.7 Å². The van der Waals surface area contributed by atoms with E-state index in [0.29, 0.717) is 29.5 Å². The topological polar surface area (TPSA) is 147 Å². The lowest BCUT2D eigenvalue weighted by Crippen LogP contribution is -2.45. The largest absolute Gasteiger partial charge is 0.386 e. The third kappa shape index (κ3) is 5.68. The number of nitrogens with one attached hydrogen (secondary N) is 1. The Morgan fingerprint density at radius 2 is 1.97 bits per heavy atom. The number of benzene rings is 1. The second-order valence-electron chi connectivity index (χ2n) is 9.73. The number of ketones is 1. The number of aliphatic hydroxyl groups is 1. The van der Waals surface area contributed by atoms with Gasteiger partial charge in [0.05, 0.1) is 11.3 Å². The number of primary amides is 1. The molecule has 1 amide bonds. The Morgan fingerprint density at radius 1 is 1.25 bits per heavy atom. The van der Waals surface area contributed by atoms with Crippen LogP contribution in [-0.2, 0) is 5.60 Å². The molecule has 3 aromatic rings. The van der Waals surface area contributed by atoms with Gasteiger partial charge in [-0.15, -0.1) is 10.2 Å². The van der Waals surface area contributed by atoms with E-state index in [2.05, 4.69) is 31.8 Å². The van der Waals surface area contributed by atoms with Crippen LogP contribution >= 0.6 is 11.5 Å². The Balaban J connectivity index is 1.51. The van der Waals surface area contributed by atoms with Crippen LogP contribution in [0.2, 0.25) is 0 Å². The Morgan fingerprint density at radius 3 is 2.58 bits per heavy atom. The van der Waals surface area contributed by atoms with E-state index in [-0.39, 0.29) is 29.3 Å². The van der Waals surface area contributed by atoms with E-state index in [1.807, 2.05) is 17.9 Å². The number of Topliss-reactive ketones (excluding diaryl/α,β-unsaturated/α-hetero) is 1. The summed E-state index contributed by atoms with van der Waals surface area (Å²) in [5.74, 6) is 0.0367. The molecule has 190 valence electrons. The molecule has 1 aliphatic heterocycles. The van der Waals surface area contributed by atoms with E-state index in [1.54, 1.807) is 38.1 Å². The number of piperidine rings is 1. The molecule has 1 saturated heterocycles. The zero-order valence-corrected chi connectivity index (χ0v) is 21.7. The third-order valence-corrected chi connectivity index (χ3v) is 7.34. The van der Waals surface area contributed by atoms with Crippen molar-refractivity contribution in [3.05, 3.63) is 52.8 Å². The van der Waals surface area contributed by atoms with Gasteiger partial charge in [-0.3, -0.25) is 9.59 Å². The highest BCUT2D eigenvalue weighted by Crippen LogP contribution is 2.31. The van der Waals surface area contributed by atoms with Gasteiger partial charge in [-0.25, -0.2) is 0 Å². The number of carbonyl (C=O) groups is 2. The standard InChI is InChI=1S/C25H31N7O3S/c1-14-12-20(36-31-14)27-23-21(22(26)34)29-30-24(28-23)32-11-5-6-17(15(32)2)13-19(33)16-7-9-18(10-8-16)25(3,4)35/h7-10,12,15,17,35H,5-6,11,13H2,1-4H3,(H2,26,34)(H,27,28,30)/t15-,17+/m1/s1. The second kappa shape index (κ2) is 10.3. The molecule has 1 aliphatic rings. The van der Waals surface area contributed by atoms with Crippen molar-refractivity contribution in [2.75, 3.05) is 16.8 Å². The maximum atomic E-state index is 13.1. The fraction of sp³-hybridized carbons (Fsp3) is 0.440. The van der Waals surface area contributed by atoms with Crippen molar-refractivity contribution in [1.82, 2.24) is 19.6 Å². The molecule has 0 radical (unpaired) electrons. The molecule has 1 fully saturated rings. The first-order chi connectivity index (χ1) is 17.0.